The molecule has 0 saturated carbocycles. The Hall–Kier alpha value is -3.96. The highest BCUT2D eigenvalue weighted by molar-refractivity contribution is 7.48. The Morgan fingerprint density at radius 1 is 0.900 bits per heavy atom. The normalized spacial score (nSPS) is 18.7. The van der Waals surface area contributed by atoms with E-state index in [-0.39, 0.29) is 63.8 Å². The number of phosphoric acid groups is 1. The number of ether oxygens (including phenoxy) is 3. The molecule has 0 bridgehead atoms. The molecule has 0 radical (unpaired) electrons. The summed E-state index contributed by atoms with van der Waals surface area (Å²) in [6, 6.07) is 21.3. The minimum Gasteiger partial charge on any atom is -1.00 e. The van der Waals surface area contributed by atoms with E-state index in [2.05, 4.69) is 44.3 Å². The lowest BCUT2D eigenvalue weighted by Gasteiger charge is -2.37. The van der Waals surface area contributed by atoms with E-state index in [1.54, 1.807) is 58.5 Å². The van der Waals surface area contributed by atoms with Crippen LogP contribution in [0.1, 0.15) is 45.7 Å². The van der Waals surface area contributed by atoms with Gasteiger partial charge in [0.2, 0.25) is 12.1 Å². The van der Waals surface area contributed by atoms with Crippen LogP contribution >= 0.6 is 31.0 Å². The van der Waals surface area contributed by atoms with Gasteiger partial charge in [0.25, 0.3) is 6.33 Å². The number of nitrogens with zero attached hydrogens (tertiary/aromatic N) is 8. The van der Waals surface area contributed by atoms with Gasteiger partial charge in [-0.15, -0.1) is 4.68 Å². The van der Waals surface area contributed by atoms with Gasteiger partial charge in [0, 0.05) is 53.2 Å². The summed E-state index contributed by atoms with van der Waals surface area (Å²) in [5.41, 5.74) is 3.49. The molecule has 2 saturated heterocycles. The van der Waals surface area contributed by atoms with Crippen molar-refractivity contribution >= 4 is 42.4 Å². The van der Waals surface area contributed by atoms with Crippen molar-refractivity contribution in [1.29, 1.82) is 0 Å². The smallest absolute Gasteiger partial charge is 0.477 e. The first-order valence-corrected chi connectivity index (χ1v) is 22.0. The van der Waals surface area contributed by atoms with E-state index < -0.39 is 19.7 Å². The fraction of sp³-hybridized carbons (Fsp3) is 0.450. The molecule has 3 unspecified atom stereocenters. The summed E-state index contributed by atoms with van der Waals surface area (Å²) in [6.45, 7) is 11.7. The molecule has 5 aromatic rings. The van der Waals surface area contributed by atoms with Gasteiger partial charge in [-0.2, -0.15) is 5.10 Å². The van der Waals surface area contributed by atoms with Gasteiger partial charge in [0.1, 0.15) is 24.8 Å². The lowest BCUT2D eigenvalue weighted by atomic mass is 10.1. The van der Waals surface area contributed by atoms with E-state index in [9.17, 15) is 9.36 Å². The number of phosphoric ester groups is 1. The zero-order valence-electron chi connectivity index (χ0n) is 33.9. The number of piperazine rings is 1. The Bertz CT molecular complexity index is 2260. The van der Waals surface area contributed by atoms with Gasteiger partial charge in [-0.25, -0.2) is 23.2 Å². The Morgan fingerprint density at radius 3 is 2.15 bits per heavy atom. The number of rotatable bonds is 18. The van der Waals surface area contributed by atoms with Crippen LogP contribution in [0.5, 0.6) is 5.75 Å². The number of halogens is 3. The van der Waals surface area contributed by atoms with Crippen molar-refractivity contribution in [3.8, 4) is 11.4 Å². The van der Waals surface area contributed by atoms with Gasteiger partial charge in [-0.3, -0.25) is 13.6 Å². The summed E-state index contributed by atoms with van der Waals surface area (Å²) in [7, 11) is -3.72. The molecule has 20 heteroatoms. The molecule has 0 N–H and O–H groups in total. The molecule has 2 aliphatic heterocycles. The fourth-order valence-corrected chi connectivity index (χ4v) is 8.69. The van der Waals surface area contributed by atoms with Crippen molar-refractivity contribution in [2.45, 2.75) is 65.3 Å². The Morgan fingerprint density at radius 2 is 1.53 bits per heavy atom. The van der Waals surface area contributed by atoms with Gasteiger partial charge in [0.15, 0.2) is 13.3 Å². The maximum absolute atomic E-state index is 12.9. The molecule has 4 heterocycles. The van der Waals surface area contributed by atoms with E-state index in [4.69, 9.17) is 51.0 Å². The number of aromatic nitrogens is 6. The highest BCUT2D eigenvalue weighted by Gasteiger charge is 2.47. The highest BCUT2D eigenvalue weighted by Crippen LogP contribution is 2.49. The van der Waals surface area contributed by atoms with E-state index in [0.717, 1.165) is 49.7 Å². The molecule has 60 heavy (non-hydrogen) atoms. The van der Waals surface area contributed by atoms with E-state index in [0.29, 0.717) is 21.4 Å². The molecule has 16 nitrogen and oxygen atoms in total. The summed E-state index contributed by atoms with van der Waals surface area (Å²) in [6.07, 6.45) is 5.19. The number of anilines is 2. The molecular formula is C40H50Cl3N8O8P. The Kier molecular flexibility index (Phi) is 15.4. The first-order chi connectivity index (χ1) is 28.5. The molecule has 2 fully saturated rings. The lowest BCUT2D eigenvalue weighted by molar-refractivity contribution is -0.726. The van der Waals surface area contributed by atoms with Crippen LogP contribution in [0.3, 0.4) is 0 Å². The Labute approximate surface area is 365 Å². The molecule has 2 aliphatic rings. The zero-order chi connectivity index (χ0) is 41.6. The van der Waals surface area contributed by atoms with Crippen molar-refractivity contribution < 1.29 is 49.3 Å². The minimum atomic E-state index is -3.72. The molecule has 7 rings (SSSR count). The van der Waals surface area contributed by atoms with Crippen LogP contribution in [0.25, 0.3) is 5.69 Å². The SMILES string of the molecule is CCOP(=O)(OCC)OC[n+]1cnn(CC2(c3ccc(Cl)cc3Cl)OCC(COc3ccc(N4CCN(c5ccc(-n6cnn(C(C)CC)c6=O)cc5)CC4)cc3)O2)c1.[Cl-]. The summed E-state index contributed by atoms with van der Waals surface area (Å²) in [5, 5.41) is 9.61. The van der Waals surface area contributed by atoms with Crippen LogP contribution in [0.4, 0.5) is 11.4 Å². The monoisotopic (exact) mass is 906 g/mol. The zero-order valence-corrected chi connectivity index (χ0v) is 37.1. The largest absolute Gasteiger partial charge is 1.00 e. The maximum Gasteiger partial charge on any atom is 0.477 e. The number of hydrogen-bond donors (Lipinski definition) is 0. The van der Waals surface area contributed by atoms with Crippen LogP contribution in [0, 0.1) is 0 Å². The van der Waals surface area contributed by atoms with Crippen molar-refractivity contribution in [2.24, 2.45) is 0 Å². The van der Waals surface area contributed by atoms with E-state index >= 15 is 0 Å². The van der Waals surface area contributed by atoms with Crippen LogP contribution in [0.15, 0.2) is 90.5 Å². The molecule has 2 aromatic heterocycles. The standard InChI is InChI=1S/C40H50Cl2N8O8P.ClH/c1-5-30(4)50-39(51)49(27-44-50)34-11-9-32(10-12-34)46-18-20-47(21-19-46)33-13-15-35(16-14-33)53-23-36-24-54-40(58-36,37-17-8-31(41)22-38(37)42)25-48-28-45(26-43-48)29-57-59(52,55-6-2)56-7-3;/h8-17,22,26-28,30,36H,5-7,18-21,23-25,29H2,1-4H3;1H/q+1;/p-1. The summed E-state index contributed by atoms with van der Waals surface area (Å²) < 4.78 is 54.2. The van der Waals surface area contributed by atoms with Crippen molar-refractivity contribution in [3.63, 3.8) is 0 Å². The van der Waals surface area contributed by atoms with E-state index in [1.807, 2.05) is 38.1 Å². The predicted molar refractivity (Wildman–Crippen MR) is 223 cm³/mol. The first-order valence-electron chi connectivity index (χ1n) is 19.7. The van der Waals surface area contributed by atoms with Gasteiger partial charge >= 0.3 is 13.5 Å². The Balaban J connectivity index is 0.00000604. The second-order valence-electron chi connectivity index (χ2n) is 14.2. The quantitative estimate of drug-likeness (QED) is 0.0938. The van der Waals surface area contributed by atoms with Crippen molar-refractivity contribution in [3.05, 3.63) is 112 Å². The van der Waals surface area contributed by atoms with Crippen LogP contribution in [-0.4, -0.2) is 82.8 Å². The molecule has 0 spiro atoms. The average molecular weight is 908 g/mol. The van der Waals surface area contributed by atoms with Crippen molar-refractivity contribution in [2.75, 3.05) is 62.4 Å². The summed E-state index contributed by atoms with van der Waals surface area (Å²) in [4.78, 5) is 17.6. The predicted octanol–water partition coefficient (Wildman–Crippen LogP) is 3.63. The van der Waals surface area contributed by atoms with Crippen LogP contribution in [0.2, 0.25) is 10.0 Å². The third-order valence-corrected chi connectivity index (χ3v) is 12.4. The van der Waals surface area contributed by atoms with Gasteiger partial charge in [0.05, 0.1) is 36.6 Å². The summed E-state index contributed by atoms with van der Waals surface area (Å²) in [5.74, 6) is -0.603. The topological polar surface area (TPSA) is 140 Å². The van der Waals surface area contributed by atoms with E-state index in [1.165, 1.54) is 11.0 Å². The molecule has 0 aliphatic carbocycles. The van der Waals surface area contributed by atoms with Gasteiger partial charge < -0.3 is 36.4 Å². The molecule has 0 amide bonds. The average Bonchev–Trinajstić information content (AvgIpc) is 3.98. The first kappa shape index (κ1) is 45.6. The molecular weight excluding hydrogens is 858 g/mol. The third kappa shape index (κ3) is 10.6. The third-order valence-electron chi connectivity index (χ3n) is 10.3. The molecule has 324 valence electrons. The second-order valence-corrected chi connectivity index (χ2v) is 16.7. The van der Waals surface area contributed by atoms with Gasteiger partial charge in [-0.05, 0) is 87.9 Å². The van der Waals surface area contributed by atoms with Gasteiger partial charge in [-0.1, -0.05) is 36.2 Å². The highest BCUT2D eigenvalue weighted by atomic mass is 35.5. The lowest BCUT2D eigenvalue weighted by Crippen LogP contribution is -3.00. The fourth-order valence-electron chi connectivity index (χ4n) is 7.00. The van der Waals surface area contributed by atoms with Crippen LogP contribution in [-0.2, 0) is 46.7 Å². The van der Waals surface area contributed by atoms with Crippen molar-refractivity contribution in [1.82, 2.24) is 24.1 Å². The minimum absolute atomic E-state index is 0. The summed E-state index contributed by atoms with van der Waals surface area (Å²) >= 11 is 12.9. The van der Waals surface area contributed by atoms with Crippen LogP contribution < -0.4 is 37.2 Å². The number of hydrogen-bond acceptors (Lipinski definition) is 12. The second kappa shape index (κ2) is 20.3. The maximum atomic E-state index is 12.9. The molecule has 3 atom stereocenters. The number of benzene rings is 3. The molecule has 3 aromatic carbocycles.